The number of nitrogens with zero attached hydrogens (tertiary/aromatic N) is 3. The third-order valence-electron chi connectivity index (χ3n) is 3.77. The fraction of sp³-hybridized carbons (Fsp3) is 0.500. The lowest BCUT2D eigenvalue weighted by atomic mass is 10.2. The summed E-state index contributed by atoms with van der Waals surface area (Å²) in [6, 6.07) is 0. The highest BCUT2D eigenvalue weighted by Crippen LogP contribution is 2.62. The zero-order valence-electron chi connectivity index (χ0n) is 14.9. The number of phosphoric ester groups is 1. The first-order chi connectivity index (χ1) is 14.2. The maximum absolute atomic E-state index is 11.8. The van der Waals surface area contributed by atoms with E-state index in [9.17, 15) is 33.4 Å². The fourth-order valence-electron chi connectivity index (χ4n) is 2.65. The van der Waals surface area contributed by atoms with Crippen LogP contribution in [0.15, 0.2) is 11.1 Å². The number of H-pyrrole nitrogens is 1. The van der Waals surface area contributed by atoms with Crippen LogP contribution in [0.4, 0.5) is 5.95 Å². The summed E-state index contributed by atoms with van der Waals surface area (Å²) >= 11 is 0. The number of aromatic nitrogens is 4. The van der Waals surface area contributed by atoms with Crippen LogP contribution in [0.2, 0.25) is 0 Å². The molecule has 1 aliphatic rings. The van der Waals surface area contributed by atoms with Crippen LogP contribution in [-0.2, 0) is 31.6 Å². The molecule has 0 amide bonds. The minimum absolute atomic E-state index is 0.0275. The van der Waals surface area contributed by atoms with Gasteiger partial charge < -0.3 is 39.7 Å². The highest BCUT2D eigenvalue weighted by Gasteiger charge is 2.37. The molecule has 1 saturated heterocycles. The first-order valence-electron chi connectivity index (χ1n) is 7.96. The van der Waals surface area contributed by atoms with E-state index in [1.807, 2.05) is 0 Å². The van der Waals surface area contributed by atoms with Crippen LogP contribution in [0.5, 0.6) is 0 Å². The number of hydrogen-bond donors (Lipinski definition) is 5. The number of nitrogen functional groups attached to an aromatic ring is 1. The van der Waals surface area contributed by atoms with Gasteiger partial charge in [-0.3, -0.25) is 23.5 Å². The van der Waals surface area contributed by atoms with Crippen LogP contribution in [0.25, 0.3) is 11.2 Å². The van der Waals surface area contributed by atoms with Gasteiger partial charge in [0, 0.05) is 6.42 Å². The lowest BCUT2D eigenvalue weighted by molar-refractivity contribution is -0.241. The van der Waals surface area contributed by atoms with E-state index in [-0.39, 0.29) is 23.5 Å². The van der Waals surface area contributed by atoms with Crippen molar-refractivity contribution in [2.24, 2.45) is 0 Å². The van der Waals surface area contributed by atoms with Gasteiger partial charge in [0.2, 0.25) is 5.95 Å². The molecule has 0 aromatic carbocycles. The molecule has 5 unspecified atom stereocenters. The summed E-state index contributed by atoms with van der Waals surface area (Å²) in [6.07, 6.45) is -2.55. The lowest BCUT2D eigenvalue weighted by Crippen LogP contribution is -2.27. The molecule has 2 aromatic rings. The van der Waals surface area contributed by atoms with Crippen molar-refractivity contribution in [3.63, 3.8) is 0 Å². The van der Waals surface area contributed by atoms with Crippen LogP contribution in [0, 0.1) is 0 Å². The number of nitrogens with one attached hydrogen (secondary N) is 1. The Morgan fingerprint density at radius 2 is 1.97 bits per heavy atom. The molecule has 18 nitrogen and oxygen atoms in total. The number of imidazole rings is 1. The van der Waals surface area contributed by atoms with E-state index in [0.717, 1.165) is 0 Å². The average molecular weight is 505 g/mol. The molecule has 0 saturated carbocycles. The second kappa shape index (κ2) is 8.44. The zero-order valence-corrected chi connectivity index (χ0v) is 17.6. The van der Waals surface area contributed by atoms with Gasteiger partial charge in [0.1, 0.15) is 12.3 Å². The Bertz CT molecular complexity index is 1170. The predicted molar refractivity (Wildman–Crippen MR) is 92.5 cm³/mol. The Hall–Kier alpha value is -1.52. The number of aromatic amines is 1. The van der Waals surface area contributed by atoms with Crippen molar-refractivity contribution >= 4 is 40.6 Å². The van der Waals surface area contributed by atoms with E-state index in [4.69, 9.17) is 20.3 Å². The normalized spacial score (nSPS) is 26.0. The Morgan fingerprint density at radius 1 is 1.29 bits per heavy atom. The van der Waals surface area contributed by atoms with Crippen molar-refractivity contribution in [3.05, 3.63) is 16.7 Å². The molecule has 0 spiro atoms. The number of aliphatic hydroxyl groups is 1. The molecule has 0 aliphatic carbocycles. The molecule has 2 aromatic heterocycles. The quantitative estimate of drug-likeness (QED) is 0.230. The standard InChI is InChI=1S/C10H16N5O13P3/c11-10-13-8-7(9(17)14-10)12-3-15(8)6-1-4(16)5(26-6)2-25-30(21,22)28-31(23,24)27-29(18,19)20/h3-6,16H,1-2H2,(H,21,22)(H,23,24)(H2,18,19,20)(H3,11,13,14,17)/p-2. The summed E-state index contributed by atoms with van der Waals surface area (Å²) < 4.78 is 51.1. The SMILES string of the molecule is Nc1nc2c(ncn2C2CC(O)C(COP(=O)([O-])OP(=O)([O-])OP(=O)(O)O)O2)c(=O)[nH]1. The summed E-state index contributed by atoms with van der Waals surface area (Å²) in [5, 5.41) is 10.1. The molecule has 174 valence electrons. The van der Waals surface area contributed by atoms with Crippen LogP contribution in [-0.4, -0.2) is 53.2 Å². The first-order valence-corrected chi connectivity index (χ1v) is 12.4. The van der Waals surface area contributed by atoms with Gasteiger partial charge in [0.15, 0.2) is 11.2 Å². The Balaban J connectivity index is 1.67. The predicted octanol–water partition coefficient (Wildman–Crippen LogP) is -2.57. The summed E-state index contributed by atoms with van der Waals surface area (Å²) in [5.74, 6) is -0.207. The minimum Gasteiger partial charge on any atom is -0.756 e. The average Bonchev–Trinajstić information content (AvgIpc) is 3.13. The van der Waals surface area contributed by atoms with E-state index in [0.29, 0.717) is 0 Å². The highest BCUT2D eigenvalue weighted by atomic mass is 31.3. The number of nitrogens with two attached hydrogens (primary N) is 1. The largest absolute Gasteiger partial charge is 0.756 e. The summed E-state index contributed by atoms with van der Waals surface area (Å²) in [6.45, 7) is -0.933. The lowest BCUT2D eigenvalue weighted by Gasteiger charge is -2.31. The third kappa shape index (κ3) is 6.04. The Labute approximate surface area is 171 Å². The number of hydrogen-bond acceptors (Lipinski definition) is 14. The van der Waals surface area contributed by atoms with E-state index in [1.165, 1.54) is 10.9 Å². The van der Waals surface area contributed by atoms with Gasteiger partial charge in [-0.15, -0.1) is 0 Å². The molecule has 5 atom stereocenters. The highest BCUT2D eigenvalue weighted by molar-refractivity contribution is 7.65. The summed E-state index contributed by atoms with van der Waals surface area (Å²) in [7, 11) is -17.3. The Kier molecular flexibility index (Phi) is 6.57. The van der Waals surface area contributed by atoms with Crippen molar-refractivity contribution in [2.75, 3.05) is 12.3 Å². The number of aliphatic hydroxyl groups excluding tert-OH is 1. The molecule has 0 bridgehead atoms. The van der Waals surface area contributed by atoms with Crippen molar-refractivity contribution in [2.45, 2.75) is 24.9 Å². The summed E-state index contributed by atoms with van der Waals surface area (Å²) in [4.78, 5) is 61.5. The number of phosphoric acid groups is 3. The molecule has 6 N–H and O–H groups in total. The molecule has 1 aliphatic heterocycles. The van der Waals surface area contributed by atoms with Gasteiger partial charge in [-0.1, -0.05) is 0 Å². The smallest absolute Gasteiger partial charge is 0.476 e. The second-order valence-corrected chi connectivity index (χ2v) is 10.4. The van der Waals surface area contributed by atoms with E-state index in [2.05, 4.69) is 28.1 Å². The van der Waals surface area contributed by atoms with Crippen LogP contribution < -0.4 is 21.1 Å². The van der Waals surface area contributed by atoms with Crippen molar-refractivity contribution in [3.8, 4) is 0 Å². The van der Waals surface area contributed by atoms with Gasteiger partial charge in [-0.2, -0.15) is 4.98 Å². The maximum Gasteiger partial charge on any atom is 0.476 e. The van der Waals surface area contributed by atoms with E-state index in [1.54, 1.807) is 0 Å². The molecule has 31 heavy (non-hydrogen) atoms. The minimum atomic E-state index is -5.98. The maximum atomic E-state index is 11.8. The van der Waals surface area contributed by atoms with E-state index >= 15 is 0 Å². The molecule has 3 rings (SSSR count). The number of ether oxygens (including phenoxy) is 1. The fourth-order valence-corrected chi connectivity index (χ4v) is 5.57. The topological polar surface area (TPSA) is 285 Å². The van der Waals surface area contributed by atoms with Crippen molar-refractivity contribution < 1.29 is 56.3 Å². The van der Waals surface area contributed by atoms with Gasteiger partial charge in [-0.05, 0) is 0 Å². The van der Waals surface area contributed by atoms with E-state index < -0.39 is 54.1 Å². The number of anilines is 1. The number of fused-ring (bicyclic) bond motifs is 1. The summed E-state index contributed by atoms with van der Waals surface area (Å²) in [5.41, 5.74) is 4.82. The molecule has 21 heteroatoms. The van der Waals surface area contributed by atoms with Gasteiger partial charge in [0.25, 0.3) is 21.2 Å². The van der Waals surface area contributed by atoms with Crippen LogP contribution in [0.3, 0.4) is 0 Å². The second-order valence-electron chi connectivity index (χ2n) is 6.05. The first kappa shape index (κ1) is 24.1. The molecular formula is C10H14N5O13P3-2. The zero-order chi connectivity index (χ0) is 23.2. The van der Waals surface area contributed by atoms with Crippen molar-refractivity contribution in [1.29, 1.82) is 0 Å². The van der Waals surface area contributed by atoms with Gasteiger partial charge >= 0.3 is 7.82 Å². The molecule has 3 heterocycles. The molecular weight excluding hydrogens is 491 g/mol. The number of rotatable bonds is 8. The third-order valence-corrected chi connectivity index (χ3v) is 7.48. The van der Waals surface area contributed by atoms with Gasteiger partial charge in [0.05, 0.1) is 19.0 Å². The van der Waals surface area contributed by atoms with Crippen LogP contribution in [0.1, 0.15) is 12.6 Å². The Morgan fingerprint density at radius 3 is 2.61 bits per heavy atom. The molecule has 0 radical (unpaired) electrons. The van der Waals surface area contributed by atoms with Crippen molar-refractivity contribution in [1.82, 2.24) is 19.5 Å². The molecule has 1 fully saturated rings. The van der Waals surface area contributed by atoms with Gasteiger partial charge in [-0.25, -0.2) is 18.2 Å². The van der Waals surface area contributed by atoms with Crippen LogP contribution >= 0.6 is 23.5 Å². The monoisotopic (exact) mass is 505 g/mol.